The van der Waals surface area contributed by atoms with Crippen LogP contribution in [0.25, 0.3) is 10.6 Å². The van der Waals surface area contributed by atoms with Gasteiger partial charge in [0.25, 0.3) is 0 Å². The van der Waals surface area contributed by atoms with E-state index in [9.17, 15) is 4.79 Å². The summed E-state index contributed by atoms with van der Waals surface area (Å²) in [5, 5.41) is 3.11. The van der Waals surface area contributed by atoms with Gasteiger partial charge < -0.3 is 9.47 Å². The summed E-state index contributed by atoms with van der Waals surface area (Å²) in [6, 6.07) is 14.4. The van der Waals surface area contributed by atoms with E-state index in [0.29, 0.717) is 16.3 Å². The molecular weight excluding hydrogens is 346 g/mol. The number of halogens is 1. The van der Waals surface area contributed by atoms with E-state index in [4.69, 9.17) is 21.1 Å². The molecule has 6 heteroatoms. The van der Waals surface area contributed by atoms with Crippen molar-refractivity contribution in [1.82, 2.24) is 4.98 Å². The number of aromatic nitrogens is 1. The zero-order valence-corrected chi connectivity index (χ0v) is 14.4. The SMILES string of the molecule is COc1ccc(-c2nc(COC(=O)c3ccccc3Cl)cs2)cc1. The van der Waals surface area contributed by atoms with Crippen LogP contribution in [-0.2, 0) is 11.3 Å². The second kappa shape index (κ2) is 7.47. The fraction of sp³-hybridized carbons (Fsp3) is 0.111. The van der Waals surface area contributed by atoms with E-state index in [-0.39, 0.29) is 6.61 Å². The van der Waals surface area contributed by atoms with Gasteiger partial charge in [0.2, 0.25) is 0 Å². The van der Waals surface area contributed by atoms with Crippen LogP contribution >= 0.6 is 22.9 Å². The first kappa shape index (κ1) is 16.5. The predicted molar refractivity (Wildman–Crippen MR) is 94.7 cm³/mol. The molecule has 0 N–H and O–H groups in total. The van der Waals surface area contributed by atoms with Crippen molar-refractivity contribution < 1.29 is 14.3 Å². The number of carbonyl (C=O) groups excluding carboxylic acids is 1. The van der Waals surface area contributed by atoms with Crippen molar-refractivity contribution in [3.63, 3.8) is 0 Å². The maximum absolute atomic E-state index is 12.0. The van der Waals surface area contributed by atoms with Crippen LogP contribution in [-0.4, -0.2) is 18.1 Å². The minimum atomic E-state index is -0.459. The van der Waals surface area contributed by atoms with Gasteiger partial charge in [-0.2, -0.15) is 0 Å². The number of ether oxygens (including phenoxy) is 2. The third kappa shape index (κ3) is 3.75. The summed E-state index contributed by atoms with van der Waals surface area (Å²) >= 11 is 7.48. The molecule has 0 atom stereocenters. The average Bonchev–Trinajstić information content (AvgIpc) is 3.09. The van der Waals surface area contributed by atoms with E-state index < -0.39 is 5.97 Å². The summed E-state index contributed by atoms with van der Waals surface area (Å²) in [5.74, 6) is 0.337. The third-order valence-corrected chi connectivity index (χ3v) is 4.60. The minimum absolute atomic E-state index is 0.108. The molecule has 3 rings (SSSR count). The topological polar surface area (TPSA) is 48.4 Å². The van der Waals surface area contributed by atoms with E-state index in [1.807, 2.05) is 29.6 Å². The molecule has 2 aromatic carbocycles. The molecule has 1 aromatic heterocycles. The van der Waals surface area contributed by atoms with Crippen LogP contribution in [0.2, 0.25) is 5.02 Å². The molecule has 0 radical (unpaired) electrons. The lowest BCUT2D eigenvalue weighted by atomic mass is 10.2. The highest BCUT2D eigenvalue weighted by Gasteiger charge is 2.12. The Hall–Kier alpha value is -2.37. The van der Waals surface area contributed by atoms with E-state index in [0.717, 1.165) is 16.3 Å². The summed E-state index contributed by atoms with van der Waals surface area (Å²) in [5.41, 5.74) is 2.04. The van der Waals surface area contributed by atoms with Crippen LogP contribution < -0.4 is 4.74 Å². The Morgan fingerprint density at radius 3 is 2.62 bits per heavy atom. The Kier molecular flexibility index (Phi) is 5.13. The van der Waals surface area contributed by atoms with Gasteiger partial charge >= 0.3 is 5.97 Å². The standard InChI is InChI=1S/C18H14ClNO3S/c1-22-14-8-6-12(7-9-14)17-20-13(11-24-17)10-23-18(21)15-4-2-3-5-16(15)19/h2-9,11H,10H2,1H3. The number of carbonyl (C=O) groups is 1. The molecule has 0 saturated carbocycles. The number of benzene rings is 2. The van der Waals surface area contributed by atoms with Crippen molar-refractivity contribution in [3.8, 4) is 16.3 Å². The second-order valence-electron chi connectivity index (χ2n) is 4.93. The molecule has 122 valence electrons. The first-order valence-electron chi connectivity index (χ1n) is 7.18. The summed E-state index contributed by atoms with van der Waals surface area (Å²) in [6.45, 7) is 0.108. The van der Waals surface area contributed by atoms with E-state index in [1.54, 1.807) is 31.4 Å². The normalized spacial score (nSPS) is 10.4. The zero-order chi connectivity index (χ0) is 16.9. The van der Waals surface area contributed by atoms with Crippen LogP contribution in [0.3, 0.4) is 0 Å². The average molecular weight is 360 g/mol. The van der Waals surface area contributed by atoms with Gasteiger partial charge in [0.15, 0.2) is 0 Å². The number of hydrogen-bond acceptors (Lipinski definition) is 5. The molecule has 1 heterocycles. The lowest BCUT2D eigenvalue weighted by Gasteiger charge is -2.04. The van der Waals surface area contributed by atoms with Crippen LogP contribution in [0.5, 0.6) is 5.75 Å². The van der Waals surface area contributed by atoms with Gasteiger partial charge in [-0.1, -0.05) is 23.7 Å². The number of rotatable bonds is 5. The monoisotopic (exact) mass is 359 g/mol. The van der Waals surface area contributed by atoms with Crippen molar-refractivity contribution in [3.05, 3.63) is 70.2 Å². The van der Waals surface area contributed by atoms with Gasteiger partial charge in [-0.15, -0.1) is 11.3 Å². The quantitative estimate of drug-likeness (QED) is 0.612. The van der Waals surface area contributed by atoms with Gasteiger partial charge in [0.1, 0.15) is 17.4 Å². The Balaban J connectivity index is 1.66. The largest absolute Gasteiger partial charge is 0.497 e. The highest BCUT2D eigenvalue weighted by molar-refractivity contribution is 7.13. The second-order valence-corrected chi connectivity index (χ2v) is 6.19. The van der Waals surface area contributed by atoms with Crippen molar-refractivity contribution in [1.29, 1.82) is 0 Å². The van der Waals surface area contributed by atoms with Crippen LogP contribution in [0.1, 0.15) is 16.1 Å². The third-order valence-electron chi connectivity index (χ3n) is 3.33. The molecule has 0 spiro atoms. The first-order valence-corrected chi connectivity index (χ1v) is 8.43. The molecule has 4 nitrogen and oxygen atoms in total. The summed E-state index contributed by atoms with van der Waals surface area (Å²) in [7, 11) is 1.63. The van der Waals surface area contributed by atoms with Crippen LogP contribution in [0.15, 0.2) is 53.9 Å². The van der Waals surface area contributed by atoms with Crippen molar-refractivity contribution in [2.24, 2.45) is 0 Å². The van der Waals surface area contributed by atoms with Crippen molar-refractivity contribution >= 4 is 28.9 Å². The van der Waals surface area contributed by atoms with Gasteiger partial charge in [0, 0.05) is 10.9 Å². The van der Waals surface area contributed by atoms with Crippen LogP contribution in [0, 0.1) is 0 Å². The Bertz CT molecular complexity index is 845. The fourth-order valence-electron chi connectivity index (χ4n) is 2.08. The van der Waals surface area contributed by atoms with Crippen molar-refractivity contribution in [2.45, 2.75) is 6.61 Å². The van der Waals surface area contributed by atoms with Gasteiger partial charge in [-0.05, 0) is 36.4 Å². The summed E-state index contributed by atoms with van der Waals surface area (Å²) < 4.78 is 10.4. The minimum Gasteiger partial charge on any atom is -0.497 e. The molecule has 0 bridgehead atoms. The highest BCUT2D eigenvalue weighted by atomic mass is 35.5. The summed E-state index contributed by atoms with van der Waals surface area (Å²) in [6.07, 6.45) is 0. The van der Waals surface area contributed by atoms with Gasteiger partial charge in [-0.25, -0.2) is 9.78 Å². The smallest absolute Gasteiger partial charge is 0.340 e. The number of thiazole rings is 1. The van der Waals surface area contributed by atoms with Gasteiger partial charge in [0.05, 0.1) is 23.4 Å². The molecule has 0 aliphatic heterocycles. The molecule has 0 amide bonds. The zero-order valence-electron chi connectivity index (χ0n) is 12.9. The molecule has 0 aliphatic rings. The predicted octanol–water partition coefficient (Wildman–Crippen LogP) is 4.83. The number of nitrogens with zero attached hydrogens (tertiary/aromatic N) is 1. The van der Waals surface area contributed by atoms with E-state index in [1.165, 1.54) is 11.3 Å². The fourth-order valence-corrected chi connectivity index (χ4v) is 3.11. The maximum atomic E-state index is 12.0. The summed E-state index contributed by atoms with van der Waals surface area (Å²) in [4.78, 5) is 16.5. The number of esters is 1. The first-order chi connectivity index (χ1) is 11.7. The Morgan fingerprint density at radius 1 is 1.17 bits per heavy atom. The lowest BCUT2D eigenvalue weighted by molar-refractivity contribution is 0.0468. The molecule has 3 aromatic rings. The Labute approximate surface area is 148 Å². The number of hydrogen-bond donors (Lipinski definition) is 0. The molecular formula is C18H14ClNO3S. The Morgan fingerprint density at radius 2 is 1.92 bits per heavy atom. The highest BCUT2D eigenvalue weighted by Crippen LogP contribution is 2.26. The molecule has 0 aliphatic carbocycles. The lowest BCUT2D eigenvalue weighted by Crippen LogP contribution is -2.06. The van der Waals surface area contributed by atoms with E-state index in [2.05, 4.69) is 4.98 Å². The molecule has 0 saturated heterocycles. The molecule has 0 fully saturated rings. The molecule has 0 unspecified atom stereocenters. The molecule has 24 heavy (non-hydrogen) atoms. The van der Waals surface area contributed by atoms with Crippen LogP contribution in [0.4, 0.5) is 0 Å². The van der Waals surface area contributed by atoms with Gasteiger partial charge in [-0.3, -0.25) is 0 Å². The number of methoxy groups -OCH3 is 1. The maximum Gasteiger partial charge on any atom is 0.340 e. The van der Waals surface area contributed by atoms with Crippen molar-refractivity contribution in [2.75, 3.05) is 7.11 Å². The van der Waals surface area contributed by atoms with E-state index >= 15 is 0 Å².